The van der Waals surface area contributed by atoms with E-state index in [-0.39, 0.29) is 17.7 Å². The number of ketones is 2. The molecule has 21 heavy (non-hydrogen) atoms. The first-order valence-electron chi connectivity index (χ1n) is 7.20. The maximum Gasteiger partial charge on any atom is 0.181 e. The third-order valence-electron chi connectivity index (χ3n) is 4.17. The first-order chi connectivity index (χ1) is 9.93. The molecule has 3 nitrogen and oxygen atoms in total. The Kier molecular flexibility index (Phi) is 5.42. The molecule has 0 bridgehead atoms. The summed E-state index contributed by atoms with van der Waals surface area (Å²) >= 11 is 12.0. The first-order valence-corrected chi connectivity index (χ1v) is 7.95. The van der Waals surface area contributed by atoms with Crippen molar-refractivity contribution in [2.45, 2.75) is 32.7 Å². The van der Waals surface area contributed by atoms with Crippen LogP contribution in [0.5, 0.6) is 0 Å². The van der Waals surface area contributed by atoms with E-state index in [0.29, 0.717) is 40.9 Å². The molecule has 1 aromatic rings. The Morgan fingerprint density at radius 2 is 2.14 bits per heavy atom. The van der Waals surface area contributed by atoms with E-state index in [4.69, 9.17) is 23.2 Å². The second-order valence-corrected chi connectivity index (χ2v) is 6.32. The standard InChI is InChI=1S/C16H19Cl2NO2/c1-3-11-9-19(7-6-15(11)20)10(2)16(21)13-5-4-12(17)8-14(13)18/h4-5,8,10-11H,3,6-7,9H2,1-2H3. The molecule has 1 heterocycles. The number of nitrogens with zero attached hydrogens (tertiary/aromatic N) is 1. The summed E-state index contributed by atoms with van der Waals surface area (Å²) in [5, 5.41) is 0.887. The zero-order valence-corrected chi connectivity index (χ0v) is 13.7. The van der Waals surface area contributed by atoms with Gasteiger partial charge in [-0.05, 0) is 31.5 Å². The number of hydrogen-bond acceptors (Lipinski definition) is 3. The Bertz CT molecular complexity index is 559. The molecule has 0 N–H and O–H groups in total. The van der Waals surface area contributed by atoms with Gasteiger partial charge in [-0.3, -0.25) is 14.5 Å². The third-order valence-corrected chi connectivity index (χ3v) is 4.72. The second-order valence-electron chi connectivity index (χ2n) is 5.48. The van der Waals surface area contributed by atoms with Gasteiger partial charge in [0.2, 0.25) is 0 Å². The largest absolute Gasteiger partial charge is 0.299 e. The summed E-state index contributed by atoms with van der Waals surface area (Å²) in [4.78, 5) is 26.4. The van der Waals surface area contributed by atoms with E-state index in [1.54, 1.807) is 18.2 Å². The van der Waals surface area contributed by atoms with Crippen LogP contribution in [0, 0.1) is 5.92 Å². The zero-order chi connectivity index (χ0) is 15.6. The third kappa shape index (κ3) is 3.65. The monoisotopic (exact) mass is 327 g/mol. The van der Waals surface area contributed by atoms with Crippen molar-refractivity contribution >= 4 is 34.8 Å². The number of carbonyl (C=O) groups is 2. The summed E-state index contributed by atoms with van der Waals surface area (Å²) in [6, 6.07) is 4.63. The molecular formula is C16H19Cl2NO2. The van der Waals surface area contributed by atoms with Gasteiger partial charge in [-0.25, -0.2) is 0 Å². The normalized spacial score (nSPS) is 21.3. The van der Waals surface area contributed by atoms with E-state index in [1.807, 2.05) is 13.8 Å². The summed E-state index contributed by atoms with van der Waals surface area (Å²) in [7, 11) is 0. The molecule has 2 rings (SSSR count). The lowest BCUT2D eigenvalue weighted by molar-refractivity contribution is -0.126. The highest BCUT2D eigenvalue weighted by atomic mass is 35.5. The predicted octanol–water partition coefficient (Wildman–Crippen LogP) is 3.87. The Labute approximate surface area is 135 Å². The lowest BCUT2D eigenvalue weighted by atomic mass is 9.92. The second kappa shape index (κ2) is 6.91. The molecule has 1 aliphatic rings. The quantitative estimate of drug-likeness (QED) is 0.788. The van der Waals surface area contributed by atoms with Gasteiger partial charge in [0.1, 0.15) is 5.78 Å². The maximum absolute atomic E-state index is 12.6. The lowest BCUT2D eigenvalue weighted by Crippen LogP contribution is -2.48. The number of carbonyl (C=O) groups excluding carboxylic acids is 2. The first kappa shape index (κ1) is 16.5. The fraction of sp³-hybridized carbons (Fsp3) is 0.500. The Hall–Kier alpha value is -0.900. The van der Waals surface area contributed by atoms with E-state index in [1.165, 1.54) is 0 Å². The molecule has 0 amide bonds. The minimum absolute atomic E-state index is 0.0270. The molecule has 1 saturated heterocycles. The van der Waals surface area contributed by atoms with Gasteiger partial charge < -0.3 is 0 Å². The summed E-state index contributed by atoms with van der Waals surface area (Å²) in [6.45, 7) is 5.16. The van der Waals surface area contributed by atoms with E-state index < -0.39 is 0 Å². The molecular weight excluding hydrogens is 309 g/mol. The number of Topliss-reactive ketones (excluding diaryl/α,β-unsaturated/α-hetero) is 2. The number of halogens is 2. The summed E-state index contributed by atoms with van der Waals surface area (Å²) in [5.41, 5.74) is 0.485. The van der Waals surface area contributed by atoms with Crippen LogP contribution < -0.4 is 0 Å². The van der Waals surface area contributed by atoms with E-state index in [9.17, 15) is 9.59 Å². The van der Waals surface area contributed by atoms with Crippen LogP contribution >= 0.6 is 23.2 Å². The van der Waals surface area contributed by atoms with E-state index in [2.05, 4.69) is 4.90 Å². The van der Waals surface area contributed by atoms with Crippen LogP contribution in [0.15, 0.2) is 18.2 Å². The van der Waals surface area contributed by atoms with Gasteiger partial charge in [0, 0.05) is 36.0 Å². The van der Waals surface area contributed by atoms with Gasteiger partial charge in [-0.15, -0.1) is 0 Å². The van der Waals surface area contributed by atoms with Crippen LogP contribution in [0.3, 0.4) is 0 Å². The molecule has 0 saturated carbocycles. The Morgan fingerprint density at radius 3 is 2.76 bits per heavy atom. The molecule has 5 heteroatoms. The summed E-state index contributed by atoms with van der Waals surface area (Å²) in [6.07, 6.45) is 1.34. The number of rotatable bonds is 4. The molecule has 0 aromatic heterocycles. The van der Waals surface area contributed by atoms with E-state index in [0.717, 1.165) is 6.42 Å². The molecule has 0 radical (unpaired) electrons. The number of benzene rings is 1. The van der Waals surface area contributed by atoms with Crippen LogP contribution in [-0.4, -0.2) is 35.6 Å². The summed E-state index contributed by atoms with van der Waals surface area (Å²) < 4.78 is 0. The minimum atomic E-state index is -0.286. The number of hydrogen-bond donors (Lipinski definition) is 0. The predicted molar refractivity (Wildman–Crippen MR) is 85.2 cm³/mol. The van der Waals surface area contributed by atoms with Crippen LogP contribution in [0.4, 0.5) is 0 Å². The van der Waals surface area contributed by atoms with Crippen molar-refractivity contribution < 1.29 is 9.59 Å². The van der Waals surface area contributed by atoms with Gasteiger partial charge in [0.15, 0.2) is 5.78 Å². The maximum atomic E-state index is 12.6. The van der Waals surface area contributed by atoms with Crippen molar-refractivity contribution in [1.29, 1.82) is 0 Å². The number of likely N-dealkylation sites (tertiary alicyclic amines) is 1. The smallest absolute Gasteiger partial charge is 0.181 e. The topological polar surface area (TPSA) is 37.4 Å². The van der Waals surface area contributed by atoms with Crippen molar-refractivity contribution in [2.75, 3.05) is 13.1 Å². The molecule has 1 fully saturated rings. The van der Waals surface area contributed by atoms with E-state index >= 15 is 0 Å². The highest BCUT2D eigenvalue weighted by molar-refractivity contribution is 6.37. The van der Waals surface area contributed by atoms with Crippen LogP contribution in [0.2, 0.25) is 10.0 Å². The summed E-state index contributed by atoms with van der Waals surface area (Å²) in [5.74, 6) is 0.313. The van der Waals surface area contributed by atoms with Gasteiger partial charge in [-0.2, -0.15) is 0 Å². The van der Waals surface area contributed by atoms with Crippen molar-refractivity contribution in [3.63, 3.8) is 0 Å². The average molecular weight is 328 g/mol. The average Bonchev–Trinajstić information content (AvgIpc) is 2.46. The van der Waals surface area contributed by atoms with Gasteiger partial charge >= 0.3 is 0 Å². The molecule has 114 valence electrons. The van der Waals surface area contributed by atoms with Gasteiger partial charge in [0.25, 0.3) is 0 Å². The Morgan fingerprint density at radius 1 is 1.43 bits per heavy atom. The van der Waals surface area contributed by atoms with Crippen molar-refractivity contribution in [3.8, 4) is 0 Å². The van der Waals surface area contributed by atoms with Crippen molar-refractivity contribution in [1.82, 2.24) is 4.90 Å². The SMILES string of the molecule is CCC1CN(C(C)C(=O)c2ccc(Cl)cc2Cl)CCC1=O. The lowest BCUT2D eigenvalue weighted by Gasteiger charge is -2.35. The Balaban J connectivity index is 2.14. The number of piperidine rings is 1. The van der Waals surface area contributed by atoms with Crippen LogP contribution in [0.1, 0.15) is 37.0 Å². The molecule has 1 aliphatic heterocycles. The molecule has 0 aliphatic carbocycles. The van der Waals surface area contributed by atoms with Crippen LogP contribution in [-0.2, 0) is 4.79 Å². The molecule has 1 aromatic carbocycles. The van der Waals surface area contributed by atoms with Crippen molar-refractivity contribution in [2.24, 2.45) is 5.92 Å². The molecule has 2 unspecified atom stereocenters. The molecule has 0 spiro atoms. The molecule has 2 atom stereocenters. The fourth-order valence-corrected chi connectivity index (χ4v) is 3.22. The minimum Gasteiger partial charge on any atom is -0.299 e. The fourth-order valence-electron chi connectivity index (χ4n) is 2.72. The zero-order valence-electron chi connectivity index (χ0n) is 12.2. The van der Waals surface area contributed by atoms with Gasteiger partial charge in [-0.1, -0.05) is 30.1 Å². The highest BCUT2D eigenvalue weighted by Gasteiger charge is 2.31. The van der Waals surface area contributed by atoms with Gasteiger partial charge in [0.05, 0.1) is 11.1 Å². The van der Waals surface area contributed by atoms with Crippen LogP contribution in [0.25, 0.3) is 0 Å². The van der Waals surface area contributed by atoms with Crippen molar-refractivity contribution in [3.05, 3.63) is 33.8 Å². The highest BCUT2D eigenvalue weighted by Crippen LogP contribution is 2.25.